The molecule has 9 heteroatoms. The van der Waals surface area contributed by atoms with E-state index >= 15 is 0 Å². The molecule has 1 atom stereocenters. The number of aromatic nitrogens is 4. The van der Waals surface area contributed by atoms with E-state index in [1.54, 1.807) is 6.20 Å². The number of aromatic amines is 1. The first-order valence-corrected chi connectivity index (χ1v) is 13.2. The summed E-state index contributed by atoms with van der Waals surface area (Å²) in [6.07, 6.45) is 11.7. The van der Waals surface area contributed by atoms with Crippen molar-refractivity contribution in [2.45, 2.75) is 38.6 Å². The summed E-state index contributed by atoms with van der Waals surface area (Å²) in [5.74, 6) is -0.0244. The molecule has 184 valence electrons. The number of piperazine rings is 1. The van der Waals surface area contributed by atoms with Gasteiger partial charge >= 0.3 is 0 Å². The van der Waals surface area contributed by atoms with Crippen LogP contribution >= 0.6 is 11.3 Å². The molecule has 1 aliphatic heterocycles. The van der Waals surface area contributed by atoms with E-state index in [4.69, 9.17) is 0 Å². The number of aryl methyl sites for hydroxylation is 1. The van der Waals surface area contributed by atoms with Crippen molar-refractivity contribution < 1.29 is 4.79 Å². The minimum Gasteiger partial charge on any atom is -0.365 e. The monoisotopic (exact) mass is 491 g/mol. The average Bonchev–Trinajstić information content (AvgIpc) is 3.63. The topological polar surface area (TPSA) is 82.1 Å². The number of fused-ring (bicyclic) bond motifs is 1. The highest BCUT2D eigenvalue weighted by Crippen LogP contribution is 2.26. The summed E-state index contributed by atoms with van der Waals surface area (Å²) in [6.45, 7) is 5.77. The van der Waals surface area contributed by atoms with E-state index in [1.807, 2.05) is 30.2 Å². The van der Waals surface area contributed by atoms with Crippen molar-refractivity contribution in [1.82, 2.24) is 25.1 Å². The lowest BCUT2D eigenvalue weighted by Crippen LogP contribution is -2.46. The molecule has 2 N–H and O–H groups in total. The first-order valence-electron chi connectivity index (χ1n) is 12.4. The van der Waals surface area contributed by atoms with Gasteiger partial charge in [-0.15, -0.1) is 0 Å². The van der Waals surface area contributed by atoms with Crippen LogP contribution in [-0.2, 0) is 13.5 Å². The van der Waals surface area contributed by atoms with Crippen LogP contribution in [0.1, 0.15) is 41.4 Å². The van der Waals surface area contributed by atoms with Gasteiger partial charge in [0.1, 0.15) is 4.88 Å². The maximum atomic E-state index is 13.2. The van der Waals surface area contributed by atoms with Crippen LogP contribution in [0.5, 0.6) is 0 Å². The molecule has 4 heterocycles. The van der Waals surface area contributed by atoms with Crippen molar-refractivity contribution in [2.75, 3.05) is 36.0 Å². The van der Waals surface area contributed by atoms with Crippen molar-refractivity contribution in [2.24, 2.45) is 7.05 Å². The Labute approximate surface area is 210 Å². The zero-order valence-electron chi connectivity index (χ0n) is 20.4. The number of hydrogen-bond acceptors (Lipinski definition) is 6. The van der Waals surface area contributed by atoms with Crippen molar-refractivity contribution in [3.63, 3.8) is 0 Å². The summed E-state index contributed by atoms with van der Waals surface area (Å²) in [5, 5.41) is 9.73. The number of thiazole rings is 1. The van der Waals surface area contributed by atoms with Crippen molar-refractivity contribution in [3.05, 3.63) is 59.5 Å². The fraction of sp³-hybridized carbons (Fsp3) is 0.423. The van der Waals surface area contributed by atoms with Gasteiger partial charge in [-0.25, -0.2) is 4.98 Å². The van der Waals surface area contributed by atoms with E-state index in [-0.39, 0.29) is 11.9 Å². The minimum atomic E-state index is -0.0244. The largest absolute Gasteiger partial charge is 0.365 e. The molecule has 1 aromatic carbocycles. The molecule has 3 aromatic heterocycles. The molecule has 1 unspecified atom stereocenters. The number of unbranched alkanes of at least 4 members (excludes halogenated alkanes) is 1. The molecular formula is C26H33N7OS. The number of H-pyrrole nitrogens is 1. The van der Waals surface area contributed by atoms with Gasteiger partial charge in [-0.3, -0.25) is 9.48 Å². The third kappa shape index (κ3) is 5.35. The molecular weight excluding hydrogens is 458 g/mol. The molecule has 1 fully saturated rings. The molecule has 1 saturated heterocycles. The lowest BCUT2D eigenvalue weighted by atomic mass is 10.0. The maximum absolute atomic E-state index is 13.2. The van der Waals surface area contributed by atoms with Crippen molar-refractivity contribution >= 4 is 39.0 Å². The zero-order valence-corrected chi connectivity index (χ0v) is 21.2. The molecule has 0 saturated carbocycles. The Morgan fingerprint density at radius 2 is 1.97 bits per heavy atom. The standard InChI is InChI=1S/C26H33N7OS/c1-3-4-7-20(14-19-15-27-23-9-6-5-8-22(19)23)30-25(34)24-17-28-26(35-24)33-12-10-32(11-13-33)21-16-29-31(2)18-21/h5-6,8-9,15-18,20,27H,3-4,7,10-14H2,1-2H3,(H,30,34). The molecule has 8 nitrogen and oxygen atoms in total. The first-order chi connectivity index (χ1) is 17.1. The van der Waals surface area contributed by atoms with Crippen molar-refractivity contribution in [1.29, 1.82) is 0 Å². The minimum absolute atomic E-state index is 0.0244. The zero-order chi connectivity index (χ0) is 24.2. The SMILES string of the molecule is CCCCC(Cc1c[nH]c2ccccc12)NC(=O)c1cnc(N2CCN(c3cnn(C)c3)CC2)s1. The normalized spacial score (nSPS) is 15.0. The van der Waals surface area contributed by atoms with E-state index in [0.717, 1.165) is 68.2 Å². The van der Waals surface area contributed by atoms with E-state index in [1.165, 1.54) is 22.3 Å². The van der Waals surface area contributed by atoms with Crippen LogP contribution in [0.3, 0.4) is 0 Å². The highest BCUT2D eigenvalue weighted by Gasteiger charge is 2.23. The fourth-order valence-corrected chi connectivity index (χ4v) is 5.61. The Kier molecular flexibility index (Phi) is 7.03. The second-order valence-electron chi connectivity index (χ2n) is 9.23. The van der Waals surface area contributed by atoms with Crippen LogP contribution in [0, 0.1) is 0 Å². The lowest BCUT2D eigenvalue weighted by molar-refractivity contribution is 0.0938. The molecule has 5 rings (SSSR count). The number of carbonyl (C=O) groups is 1. The maximum Gasteiger partial charge on any atom is 0.263 e. The van der Waals surface area contributed by atoms with Gasteiger partial charge in [0.25, 0.3) is 5.91 Å². The first kappa shape index (κ1) is 23.4. The van der Waals surface area contributed by atoms with Crippen molar-refractivity contribution in [3.8, 4) is 0 Å². The second kappa shape index (κ2) is 10.5. The summed E-state index contributed by atoms with van der Waals surface area (Å²) in [4.78, 5) is 26.4. The number of anilines is 2. The number of nitrogens with zero attached hydrogens (tertiary/aromatic N) is 5. The summed E-state index contributed by atoms with van der Waals surface area (Å²) in [7, 11) is 1.94. The van der Waals surface area contributed by atoms with E-state index in [9.17, 15) is 4.79 Å². The van der Waals surface area contributed by atoms with Gasteiger partial charge in [0.05, 0.1) is 18.1 Å². The second-order valence-corrected chi connectivity index (χ2v) is 10.2. The highest BCUT2D eigenvalue weighted by molar-refractivity contribution is 7.17. The van der Waals surface area contributed by atoms with Gasteiger partial charge in [0.15, 0.2) is 5.13 Å². The number of hydrogen-bond donors (Lipinski definition) is 2. The third-order valence-corrected chi connectivity index (χ3v) is 7.76. The lowest BCUT2D eigenvalue weighted by Gasteiger charge is -2.35. The van der Waals surface area contributed by atoms with Crippen LogP contribution in [0.2, 0.25) is 0 Å². The fourth-order valence-electron chi connectivity index (χ4n) is 4.74. The third-order valence-electron chi connectivity index (χ3n) is 6.71. The van der Waals surface area contributed by atoms with Crippen LogP contribution in [-0.4, -0.2) is 57.9 Å². The predicted octanol–water partition coefficient (Wildman–Crippen LogP) is 4.22. The van der Waals surface area contributed by atoms with E-state index in [2.05, 4.69) is 61.5 Å². The molecule has 0 aliphatic carbocycles. The molecule has 0 radical (unpaired) electrons. The number of amides is 1. The molecule has 0 bridgehead atoms. The van der Waals surface area contributed by atoms with Crippen LogP contribution in [0.25, 0.3) is 10.9 Å². The van der Waals surface area contributed by atoms with E-state index in [0.29, 0.717) is 4.88 Å². The summed E-state index contributed by atoms with van der Waals surface area (Å²) in [6, 6.07) is 8.43. The molecule has 1 aliphatic rings. The van der Waals surface area contributed by atoms with Gasteiger partial charge in [0.2, 0.25) is 0 Å². The smallest absolute Gasteiger partial charge is 0.263 e. The molecule has 4 aromatic rings. The Morgan fingerprint density at radius 3 is 2.74 bits per heavy atom. The molecule has 1 amide bonds. The van der Waals surface area contributed by atoms with Crippen LogP contribution in [0.15, 0.2) is 49.1 Å². The van der Waals surface area contributed by atoms with Gasteiger partial charge in [-0.05, 0) is 24.5 Å². The quantitative estimate of drug-likeness (QED) is 0.366. The molecule has 35 heavy (non-hydrogen) atoms. The Morgan fingerprint density at radius 1 is 1.17 bits per heavy atom. The van der Waals surface area contributed by atoms with Gasteiger partial charge in [-0.1, -0.05) is 49.3 Å². The predicted molar refractivity (Wildman–Crippen MR) is 143 cm³/mol. The number of rotatable bonds is 9. The average molecular weight is 492 g/mol. The molecule has 0 spiro atoms. The Balaban J connectivity index is 1.21. The summed E-state index contributed by atoms with van der Waals surface area (Å²) in [5.41, 5.74) is 3.54. The number of benzene rings is 1. The van der Waals surface area contributed by atoms with Crippen LogP contribution < -0.4 is 15.1 Å². The van der Waals surface area contributed by atoms with E-state index < -0.39 is 0 Å². The van der Waals surface area contributed by atoms with Gasteiger partial charge < -0.3 is 20.1 Å². The van der Waals surface area contributed by atoms with Gasteiger partial charge in [0, 0.05) is 62.6 Å². The number of nitrogens with one attached hydrogen (secondary N) is 2. The summed E-state index contributed by atoms with van der Waals surface area (Å²) < 4.78 is 1.83. The number of para-hydroxylation sites is 1. The summed E-state index contributed by atoms with van der Waals surface area (Å²) >= 11 is 1.49. The Hall–Kier alpha value is -3.33. The highest BCUT2D eigenvalue weighted by atomic mass is 32.1. The number of carbonyl (C=O) groups excluding carboxylic acids is 1. The van der Waals surface area contributed by atoms with Gasteiger partial charge in [-0.2, -0.15) is 5.10 Å². The Bertz CT molecular complexity index is 1270. The van der Waals surface area contributed by atoms with Crippen LogP contribution in [0.4, 0.5) is 10.8 Å².